The Balaban J connectivity index is 1.85. The summed E-state index contributed by atoms with van der Waals surface area (Å²) in [6, 6.07) is 5.62. The first kappa shape index (κ1) is 13.6. The minimum atomic E-state index is 0.672. The van der Waals surface area contributed by atoms with Crippen LogP contribution in [0.25, 0.3) is 11.0 Å². The Morgan fingerprint density at radius 2 is 2.25 bits per heavy atom. The number of nitrogens with zero attached hydrogens (tertiary/aromatic N) is 3. The molecule has 2 aromatic rings. The maximum Gasteiger partial charge on any atom is 0.147 e. The SMILES string of the molecule is NCCC1CCCN(c2cnc3ccc(Cl)cc3n2)C1. The van der Waals surface area contributed by atoms with Gasteiger partial charge in [0.2, 0.25) is 0 Å². The van der Waals surface area contributed by atoms with Gasteiger partial charge in [-0.1, -0.05) is 11.6 Å². The van der Waals surface area contributed by atoms with Crippen molar-refractivity contribution in [3.63, 3.8) is 0 Å². The van der Waals surface area contributed by atoms with E-state index < -0.39 is 0 Å². The number of halogens is 1. The molecule has 0 amide bonds. The summed E-state index contributed by atoms with van der Waals surface area (Å²) in [5, 5.41) is 0.698. The van der Waals surface area contributed by atoms with Crippen molar-refractivity contribution in [2.24, 2.45) is 11.7 Å². The first-order chi connectivity index (χ1) is 9.76. The molecule has 1 aromatic heterocycles. The zero-order valence-corrected chi connectivity index (χ0v) is 12.2. The monoisotopic (exact) mass is 290 g/mol. The van der Waals surface area contributed by atoms with Gasteiger partial charge in [-0.25, -0.2) is 4.98 Å². The molecule has 0 bridgehead atoms. The summed E-state index contributed by atoms with van der Waals surface area (Å²) in [4.78, 5) is 11.5. The molecule has 1 saturated heterocycles. The van der Waals surface area contributed by atoms with Gasteiger partial charge in [0.05, 0.1) is 17.2 Å². The Kier molecular flexibility index (Phi) is 4.03. The van der Waals surface area contributed by atoms with E-state index in [4.69, 9.17) is 22.3 Å². The largest absolute Gasteiger partial charge is 0.355 e. The number of hydrogen-bond acceptors (Lipinski definition) is 4. The molecule has 0 spiro atoms. The van der Waals surface area contributed by atoms with Crippen molar-refractivity contribution in [1.82, 2.24) is 9.97 Å². The predicted octanol–water partition coefficient (Wildman–Crippen LogP) is 2.85. The molecule has 0 aliphatic carbocycles. The average Bonchev–Trinajstić information content (AvgIpc) is 2.47. The minimum absolute atomic E-state index is 0.672. The number of anilines is 1. The second-order valence-corrected chi connectivity index (χ2v) is 5.83. The van der Waals surface area contributed by atoms with E-state index >= 15 is 0 Å². The van der Waals surface area contributed by atoms with Crippen molar-refractivity contribution in [3.8, 4) is 0 Å². The van der Waals surface area contributed by atoms with Crippen LogP contribution in [0, 0.1) is 5.92 Å². The lowest BCUT2D eigenvalue weighted by Crippen LogP contribution is -2.36. The zero-order valence-electron chi connectivity index (χ0n) is 11.4. The van der Waals surface area contributed by atoms with Crippen molar-refractivity contribution in [1.29, 1.82) is 0 Å². The van der Waals surface area contributed by atoms with E-state index in [-0.39, 0.29) is 0 Å². The van der Waals surface area contributed by atoms with Gasteiger partial charge in [-0.15, -0.1) is 0 Å². The molecule has 1 aromatic carbocycles. The Bertz CT molecular complexity index is 599. The summed E-state index contributed by atoms with van der Waals surface area (Å²) in [5.74, 6) is 1.62. The normalized spacial score (nSPS) is 19.5. The van der Waals surface area contributed by atoms with Crippen molar-refractivity contribution < 1.29 is 0 Å². The quantitative estimate of drug-likeness (QED) is 0.944. The highest BCUT2D eigenvalue weighted by atomic mass is 35.5. The Hall–Kier alpha value is -1.39. The van der Waals surface area contributed by atoms with Gasteiger partial charge < -0.3 is 10.6 Å². The van der Waals surface area contributed by atoms with Crippen molar-refractivity contribution >= 4 is 28.5 Å². The number of hydrogen-bond donors (Lipinski definition) is 1. The summed E-state index contributed by atoms with van der Waals surface area (Å²) in [6.07, 6.45) is 5.41. The van der Waals surface area contributed by atoms with Crippen LogP contribution >= 0.6 is 11.6 Å². The molecule has 0 saturated carbocycles. The minimum Gasteiger partial charge on any atom is -0.355 e. The van der Waals surface area contributed by atoms with Crippen LogP contribution in [-0.4, -0.2) is 29.6 Å². The maximum atomic E-state index is 6.03. The van der Waals surface area contributed by atoms with Crippen LogP contribution in [0.1, 0.15) is 19.3 Å². The van der Waals surface area contributed by atoms with Gasteiger partial charge in [0.15, 0.2) is 0 Å². The van der Waals surface area contributed by atoms with E-state index in [9.17, 15) is 0 Å². The predicted molar refractivity (Wildman–Crippen MR) is 83.2 cm³/mol. The lowest BCUT2D eigenvalue weighted by Gasteiger charge is -2.33. The van der Waals surface area contributed by atoms with E-state index in [2.05, 4.69) is 9.88 Å². The Morgan fingerprint density at radius 3 is 3.10 bits per heavy atom. The third-order valence-electron chi connectivity index (χ3n) is 3.91. The standard InChI is InChI=1S/C15H19ClN4/c16-12-3-4-13-14(8-12)19-15(9-18-13)20-7-1-2-11(10-20)5-6-17/h3-4,8-9,11H,1-2,5-7,10,17H2. The highest BCUT2D eigenvalue weighted by Crippen LogP contribution is 2.25. The molecule has 1 aliphatic heterocycles. The van der Waals surface area contributed by atoms with Crippen LogP contribution in [-0.2, 0) is 0 Å². The zero-order chi connectivity index (χ0) is 13.9. The van der Waals surface area contributed by atoms with Crippen molar-refractivity contribution in [2.75, 3.05) is 24.5 Å². The fourth-order valence-electron chi connectivity index (χ4n) is 2.87. The first-order valence-corrected chi connectivity index (χ1v) is 7.51. The molecule has 1 unspecified atom stereocenters. The first-order valence-electron chi connectivity index (χ1n) is 7.13. The highest BCUT2D eigenvalue weighted by molar-refractivity contribution is 6.31. The summed E-state index contributed by atoms with van der Waals surface area (Å²) < 4.78 is 0. The second-order valence-electron chi connectivity index (χ2n) is 5.39. The molecule has 5 heteroatoms. The summed E-state index contributed by atoms with van der Waals surface area (Å²) in [5.41, 5.74) is 7.41. The van der Waals surface area contributed by atoms with Crippen LogP contribution in [0.4, 0.5) is 5.82 Å². The lowest BCUT2D eigenvalue weighted by molar-refractivity contribution is 0.394. The van der Waals surface area contributed by atoms with Gasteiger partial charge in [0.25, 0.3) is 0 Å². The molecule has 106 valence electrons. The number of benzene rings is 1. The third kappa shape index (κ3) is 2.86. The lowest BCUT2D eigenvalue weighted by atomic mass is 9.95. The maximum absolute atomic E-state index is 6.03. The molecular formula is C15H19ClN4. The molecule has 2 N–H and O–H groups in total. The van der Waals surface area contributed by atoms with Crippen LogP contribution < -0.4 is 10.6 Å². The van der Waals surface area contributed by atoms with Gasteiger partial charge in [0, 0.05) is 18.1 Å². The van der Waals surface area contributed by atoms with Crippen molar-refractivity contribution in [3.05, 3.63) is 29.4 Å². The summed E-state index contributed by atoms with van der Waals surface area (Å²) in [6.45, 7) is 2.83. The van der Waals surface area contributed by atoms with Crippen molar-refractivity contribution in [2.45, 2.75) is 19.3 Å². The highest BCUT2D eigenvalue weighted by Gasteiger charge is 2.20. The fraction of sp³-hybridized carbons (Fsp3) is 0.467. The van der Waals surface area contributed by atoms with Gasteiger partial charge in [0.1, 0.15) is 5.82 Å². The van der Waals surface area contributed by atoms with E-state index in [1.165, 1.54) is 12.8 Å². The molecule has 2 heterocycles. The molecular weight excluding hydrogens is 272 g/mol. The Labute approximate surface area is 124 Å². The molecule has 1 atom stereocenters. The molecule has 20 heavy (non-hydrogen) atoms. The van der Waals surface area contributed by atoms with Crippen LogP contribution in [0.5, 0.6) is 0 Å². The summed E-state index contributed by atoms with van der Waals surface area (Å²) in [7, 11) is 0. The van der Waals surface area contributed by atoms with Crippen LogP contribution in [0.2, 0.25) is 5.02 Å². The van der Waals surface area contributed by atoms with Gasteiger partial charge in [-0.05, 0) is 49.9 Å². The van der Waals surface area contributed by atoms with Gasteiger partial charge in [-0.3, -0.25) is 4.98 Å². The van der Waals surface area contributed by atoms with Gasteiger partial charge in [-0.2, -0.15) is 0 Å². The molecule has 1 aliphatic rings. The van der Waals surface area contributed by atoms with E-state index in [0.717, 1.165) is 42.9 Å². The Morgan fingerprint density at radius 1 is 1.35 bits per heavy atom. The molecule has 0 radical (unpaired) electrons. The topological polar surface area (TPSA) is 55.0 Å². The molecule has 1 fully saturated rings. The number of rotatable bonds is 3. The fourth-order valence-corrected chi connectivity index (χ4v) is 3.04. The molecule has 3 rings (SSSR count). The van der Waals surface area contributed by atoms with Crippen LogP contribution in [0.3, 0.4) is 0 Å². The van der Waals surface area contributed by atoms with E-state index in [1.807, 2.05) is 24.4 Å². The number of nitrogens with two attached hydrogens (primary N) is 1. The summed E-state index contributed by atoms with van der Waals surface area (Å²) >= 11 is 6.03. The molecule has 4 nitrogen and oxygen atoms in total. The number of piperidine rings is 1. The van der Waals surface area contributed by atoms with Gasteiger partial charge >= 0.3 is 0 Å². The average molecular weight is 291 g/mol. The number of aromatic nitrogens is 2. The second kappa shape index (κ2) is 5.94. The van der Waals surface area contributed by atoms with Crippen LogP contribution in [0.15, 0.2) is 24.4 Å². The smallest absolute Gasteiger partial charge is 0.147 e. The van der Waals surface area contributed by atoms with E-state index in [1.54, 1.807) is 0 Å². The van der Waals surface area contributed by atoms with E-state index in [0.29, 0.717) is 10.9 Å². The third-order valence-corrected chi connectivity index (χ3v) is 4.14. The number of fused-ring (bicyclic) bond motifs is 1.